The number of imidazole rings is 1. The molecular weight excluding hydrogens is 266 g/mol. The Kier molecular flexibility index (Phi) is 5.03. The summed E-state index contributed by atoms with van der Waals surface area (Å²) in [7, 11) is 1.46. The first-order valence-electron chi connectivity index (χ1n) is 5.02. The van der Waals surface area contributed by atoms with E-state index < -0.39 is 10.5 Å². The van der Waals surface area contributed by atoms with E-state index in [2.05, 4.69) is 9.72 Å². The minimum atomic E-state index is -1.24. The largest absolute Gasteiger partial charge is 0.386 e. The lowest BCUT2D eigenvalue weighted by Crippen LogP contribution is -2.36. The van der Waals surface area contributed by atoms with Gasteiger partial charge in [-0.15, -0.1) is 0 Å². The van der Waals surface area contributed by atoms with Gasteiger partial charge in [0.15, 0.2) is 0 Å². The maximum atomic E-state index is 10.5. The Morgan fingerprint density at radius 3 is 2.89 bits per heavy atom. The van der Waals surface area contributed by atoms with E-state index in [0.717, 1.165) is 6.20 Å². The Hall–Kier alpha value is -1.22. The summed E-state index contributed by atoms with van der Waals surface area (Å²) in [5.74, 6) is -0.367. The molecule has 0 aromatic carbocycles. The smallest absolute Gasteiger partial charge is 0.383 e. The standard InChI is InChI=1S/C9H14ClN3O5/c1-9(14,5-18-6-17-2)4-12-3-7(13(15)16)11-8(12)10/h3,14H,4-6H2,1-2H3. The van der Waals surface area contributed by atoms with Crippen LogP contribution < -0.4 is 0 Å². The van der Waals surface area contributed by atoms with E-state index in [1.165, 1.54) is 18.6 Å². The maximum Gasteiger partial charge on any atom is 0.383 e. The molecule has 0 fully saturated rings. The average Bonchev–Trinajstić information content (AvgIpc) is 2.60. The van der Waals surface area contributed by atoms with Crippen LogP contribution in [0.2, 0.25) is 5.28 Å². The highest BCUT2D eigenvalue weighted by Gasteiger charge is 2.26. The van der Waals surface area contributed by atoms with Crippen molar-refractivity contribution < 1.29 is 19.5 Å². The Labute approximate surface area is 108 Å². The van der Waals surface area contributed by atoms with E-state index in [4.69, 9.17) is 16.3 Å². The molecule has 18 heavy (non-hydrogen) atoms. The van der Waals surface area contributed by atoms with Gasteiger partial charge in [0.1, 0.15) is 18.6 Å². The SMILES string of the molecule is COCOCC(C)(O)Cn1cc([N+](=O)[O-])nc1Cl. The van der Waals surface area contributed by atoms with Crippen LogP contribution in [0.1, 0.15) is 6.92 Å². The molecule has 0 bridgehead atoms. The van der Waals surface area contributed by atoms with Gasteiger partial charge in [-0.3, -0.25) is 4.57 Å². The molecule has 1 rings (SSSR count). The molecule has 1 heterocycles. The molecule has 0 amide bonds. The van der Waals surface area contributed by atoms with Gasteiger partial charge in [-0.2, -0.15) is 0 Å². The quantitative estimate of drug-likeness (QED) is 0.343. The van der Waals surface area contributed by atoms with Crippen LogP contribution in [0.15, 0.2) is 6.20 Å². The van der Waals surface area contributed by atoms with E-state index in [1.807, 2.05) is 0 Å². The lowest BCUT2D eigenvalue weighted by molar-refractivity contribution is -0.389. The van der Waals surface area contributed by atoms with Gasteiger partial charge in [0, 0.05) is 7.11 Å². The zero-order valence-corrected chi connectivity index (χ0v) is 10.8. The third-order valence-corrected chi connectivity index (χ3v) is 2.33. The van der Waals surface area contributed by atoms with Crippen LogP contribution in [0, 0.1) is 10.1 Å². The van der Waals surface area contributed by atoms with Gasteiger partial charge in [0.25, 0.3) is 0 Å². The van der Waals surface area contributed by atoms with Gasteiger partial charge in [-0.25, -0.2) is 0 Å². The first-order chi connectivity index (χ1) is 8.35. The zero-order chi connectivity index (χ0) is 13.8. The highest BCUT2D eigenvalue weighted by Crippen LogP contribution is 2.18. The molecule has 8 nitrogen and oxygen atoms in total. The number of halogens is 1. The number of nitro groups is 1. The molecule has 0 radical (unpaired) electrons. The molecule has 1 aromatic rings. The number of nitrogens with zero attached hydrogens (tertiary/aromatic N) is 3. The topological polar surface area (TPSA) is 99.6 Å². The van der Waals surface area contributed by atoms with E-state index >= 15 is 0 Å². The summed E-state index contributed by atoms with van der Waals surface area (Å²) in [5.41, 5.74) is -1.24. The number of methoxy groups -OCH3 is 1. The normalized spacial score (nSPS) is 14.4. The molecule has 0 aliphatic rings. The van der Waals surface area contributed by atoms with Gasteiger partial charge in [-0.1, -0.05) is 0 Å². The van der Waals surface area contributed by atoms with Gasteiger partial charge < -0.3 is 24.7 Å². The lowest BCUT2D eigenvalue weighted by atomic mass is 10.1. The Morgan fingerprint density at radius 2 is 2.39 bits per heavy atom. The number of hydrogen-bond acceptors (Lipinski definition) is 6. The molecule has 0 aliphatic carbocycles. The third-order valence-electron chi connectivity index (χ3n) is 2.03. The van der Waals surface area contributed by atoms with E-state index in [0.29, 0.717) is 0 Å². The molecule has 0 saturated heterocycles. The molecule has 1 atom stereocenters. The van der Waals surface area contributed by atoms with Gasteiger partial charge in [-0.05, 0) is 28.4 Å². The lowest BCUT2D eigenvalue weighted by Gasteiger charge is -2.22. The fourth-order valence-electron chi connectivity index (χ4n) is 1.34. The molecule has 9 heteroatoms. The number of aliphatic hydroxyl groups is 1. The zero-order valence-electron chi connectivity index (χ0n) is 10.00. The van der Waals surface area contributed by atoms with Crippen molar-refractivity contribution in [3.05, 3.63) is 21.6 Å². The van der Waals surface area contributed by atoms with Crippen molar-refractivity contribution in [1.29, 1.82) is 0 Å². The van der Waals surface area contributed by atoms with Gasteiger partial charge in [0.2, 0.25) is 0 Å². The van der Waals surface area contributed by atoms with Crippen LogP contribution in [-0.2, 0) is 16.0 Å². The number of aromatic nitrogens is 2. The number of rotatable bonds is 7. The van der Waals surface area contributed by atoms with Gasteiger partial charge >= 0.3 is 11.1 Å². The van der Waals surface area contributed by atoms with Crippen LogP contribution in [0.5, 0.6) is 0 Å². The van der Waals surface area contributed by atoms with Crippen molar-refractivity contribution in [2.45, 2.75) is 19.1 Å². The predicted molar refractivity (Wildman–Crippen MR) is 62.3 cm³/mol. The second-order valence-electron chi connectivity index (χ2n) is 4.01. The van der Waals surface area contributed by atoms with E-state index in [-0.39, 0.29) is 31.0 Å². The summed E-state index contributed by atoms with van der Waals surface area (Å²) in [6.45, 7) is 1.60. The average molecular weight is 280 g/mol. The Balaban J connectivity index is 2.68. The summed E-state index contributed by atoms with van der Waals surface area (Å²) in [6, 6.07) is 0. The summed E-state index contributed by atoms with van der Waals surface area (Å²) in [6.07, 6.45) is 1.16. The first-order valence-corrected chi connectivity index (χ1v) is 5.39. The molecule has 1 aromatic heterocycles. The van der Waals surface area contributed by atoms with Crippen LogP contribution in [0.4, 0.5) is 5.82 Å². The fourth-order valence-corrected chi connectivity index (χ4v) is 1.53. The van der Waals surface area contributed by atoms with Crippen molar-refractivity contribution in [2.75, 3.05) is 20.5 Å². The summed E-state index contributed by atoms with van der Waals surface area (Å²) < 4.78 is 11.0. The van der Waals surface area contributed by atoms with E-state index in [1.54, 1.807) is 0 Å². The predicted octanol–water partition coefficient (Wildman–Crippen LogP) is 0.816. The van der Waals surface area contributed by atoms with Gasteiger partial charge in [0.05, 0.1) is 13.2 Å². The third kappa shape index (κ3) is 4.22. The Bertz CT molecular complexity index is 420. The van der Waals surface area contributed by atoms with Crippen molar-refractivity contribution in [2.24, 2.45) is 0 Å². The summed E-state index contributed by atoms with van der Waals surface area (Å²) in [4.78, 5) is 13.4. The molecule has 0 spiro atoms. The first kappa shape index (κ1) is 14.8. The minimum absolute atomic E-state index is 0.00312. The molecular formula is C9H14ClN3O5. The number of ether oxygens (including phenoxy) is 2. The molecule has 102 valence electrons. The van der Waals surface area contributed by atoms with Crippen LogP contribution in [0.25, 0.3) is 0 Å². The minimum Gasteiger partial charge on any atom is -0.386 e. The highest BCUT2D eigenvalue weighted by atomic mass is 35.5. The maximum absolute atomic E-state index is 10.5. The van der Waals surface area contributed by atoms with E-state index in [9.17, 15) is 15.2 Å². The summed E-state index contributed by atoms with van der Waals surface area (Å²) >= 11 is 5.73. The number of hydrogen-bond donors (Lipinski definition) is 1. The van der Waals surface area contributed by atoms with Crippen molar-refractivity contribution in [3.63, 3.8) is 0 Å². The van der Waals surface area contributed by atoms with Crippen molar-refractivity contribution in [3.8, 4) is 0 Å². The highest BCUT2D eigenvalue weighted by molar-refractivity contribution is 6.28. The van der Waals surface area contributed by atoms with Crippen molar-refractivity contribution in [1.82, 2.24) is 9.55 Å². The van der Waals surface area contributed by atoms with Crippen molar-refractivity contribution >= 4 is 17.4 Å². The van der Waals surface area contributed by atoms with Crippen LogP contribution in [0.3, 0.4) is 0 Å². The fraction of sp³-hybridized carbons (Fsp3) is 0.667. The molecule has 0 saturated carbocycles. The van der Waals surface area contributed by atoms with Crippen LogP contribution >= 0.6 is 11.6 Å². The van der Waals surface area contributed by atoms with Crippen LogP contribution in [-0.4, -0.2) is 45.7 Å². The Morgan fingerprint density at radius 1 is 1.72 bits per heavy atom. The molecule has 1 unspecified atom stereocenters. The molecule has 0 aliphatic heterocycles. The summed E-state index contributed by atoms with van der Waals surface area (Å²) in [5, 5.41) is 20.5. The second kappa shape index (κ2) is 6.10. The second-order valence-corrected chi connectivity index (χ2v) is 4.34. The molecule has 1 N–H and O–H groups in total. The monoisotopic (exact) mass is 279 g/mol.